The Balaban J connectivity index is 3.16. The predicted molar refractivity (Wildman–Crippen MR) is 79.9 cm³/mol. The normalized spacial score (nSPS) is 12.5. The van der Waals surface area contributed by atoms with Gasteiger partial charge in [0.2, 0.25) is 0 Å². The molecule has 1 heteroatoms. The number of rotatable bonds is 10. The average molecular weight is 241 g/mol. The van der Waals surface area contributed by atoms with Crippen LogP contribution in [0.4, 0.5) is 0 Å². The molecule has 0 aliphatic rings. The molecule has 0 aromatic carbocycles. The van der Waals surface area contributed by atoms with E-state index in [1.165, 1.54) is 57.4 Å². The summed E-state index contributed by atoms with van der Waals surface area (Å²) in [4.78, 5) is 0. The van der Waals surface area contributed by atoms with Gasteiger partial charge in [-0.3, -0.25) is 0 Å². The molecule has 0 saturated heterocycles. The van der Waals surface area contributed by atoms with E-state index in [1.807, 2.05) is 0 Å². The van der Waals surface area contributed by atoms with E-state index in [0.717, 1.165) is 0 Å². The molecule has 0 nitrogen and oxygen atoms in total. The lowest BCUT2D eigenvalue weighted by Crippen LogP contribution is -2.18. The van der Waals surface area contributed by atoms with Gasteiger partial charge in [0, 0.05) is 8.07 Å². The Morgan fingerprint density at radius 1 is 0.750 bits per heavy atom. The zero-order valence-corrected chi connectivity index (χ0v) is 13.0. The van der Waals surface area contributed by atoms with Gasteiger partial charge < -0.3 is 0 Å². The van der Waals surface area contributed by atoms with Crippen molar-refractivity contribution in [2.45, 2.75) is 84.0 Å². The molecule has 96 valence electrons. The Hall–Kier alpha value is -0.0431. The molecule has 0 rings (SSSR count). The lowest BCUT2D eigenvalue weighted by molar-refractivity contribution is 0.611. The van der Waals surface area contributed by atoms with E-state index < -0.39 is 8.07 Å². The van der Waals surface area contributed by atoms with Crippen molar-refractivity contribution in [1.29, 1.82) is 0 Å². The Morgan fingerprint density at radius 2 is 1.31 bits per heavy atom. The maximum Gasteiger partial charge on any atom is 0.0445 e. The summed E-state index contributed by atoms with van der Waals surface area (Å²) in [6.07, 6.45) is 15.9. The van der Waals surface area contributed by atoms with Crippen molar-refractivity contribution in [3.8, 4) is 0 Å². The fourth-order valence-corrected chi connectivity index (χ4v) is 2.83. The Labute approximate surface area is 105 Å². The van der Waals surface area contributed by atoms with E-state index in [4.69, 9.17) is 0 Å². The van der Waals surface area contributed by atoms with Gasteiger partial charge in [-0.1, -0.05) is 76.9 Å². The summed E-state index contributed by atoms with van der Waals surface area (Å²) >= 11 is 0. The molecule has 0 unspecified atom stereocenters. The van der Waals surface area contributed by atoms with E-state index in [0.29, 0.717) is 0 Å². The van der Waals surface area contributed by atoms with Gasteiger partial charge in [-0.15, -0.1) is 0 Å². The maximum absolute atomic E-state index is 2.45. The molecular formula is C15H32Si. The van der Waals surface area contributed by atoms with Crippen molar-refractivity contribution in [3.63, 3.8) is 0 Å². The van der Waals surface area contributed by atoms with Crippen LogP contribution >= 0.6 is 0 Å². The Morgan fingerprint density at radius 3 is 1.94 bits per heavy atom. The molecule has 0 aliphatic heterocycles. The second kappa shape index (κ2) is 10.1. The first-order valence-electron chi connectivity index (χ1n) is 7.21. The molecule has 0 bridgehead atoms. The van der Waals surface area contributed by atoms with Crippen molar-refractivity contribution >= 4 is 8.07 Å². The third kappa shape index (κ3) is 14.0. The van der Waals surface area contributed by atoms with Crippen LogP contribution in [0.15, 0.2) is 12.2 Å². The molecule has 0 aromatic heterocycles. The van der Waals surface area contributed by atoms with Crippen LogP contribution in [0.3, 0.4) is 0 Å². The minimum Gasteiger partial charge on any atom is -0.0888 e. The van der Waals surface area contributed by atoms with Crippen molar-refractivity contribution in [2.24, 2.45) is 0 Å². The van der Waals surface area contributed by atoms with Gasteiger partial charge in [0.05, 0.1) is 0 Å². The monoisotopic (exact) mass is 240 g/mol. The van der Waals surface area contributed by atoms with Crippen LogP contribution in [0.1, 0.15) is 58.3 Å². The van der Waals surface area contributed by atoms with E-state index in [2.05, 4.69) is 38.7 Å². The molecule has 16 heavy (non-hydrogen) atoms. The van der Waals surface area contributed by atoms with E-state index in [9.17, 15) is 0 Å². The smallest absolute Gasteiger partial charge is 0.0445 e. The molecule has 0 heterocycles. The van der Waals surface area contributed by atoms with Gasteiger partial charge in [0.25, 0.3) is 0 Å². The summed E-state index contributed by atoms with van der Waals surface area (Å²) in [6.45, 7) is 9.64. The summed E-state index contributed by atoms with van der Waals surface area (Å²) in [5.74, 6) is 0. The van der Waals surface area contributed by atoms with E-state index >= 15 is 0 Å². The minimum absolute atomic E-state index is 0.799. The van der Waals surface area contributed by atoms with Gasteiger partial charge in [0.1, 0.15) is 0 Å². The average Bonchev–Trinajstić information content (AvgIpc) is 2.19. The standard InChI is InChI=1S/C15H32Si/c1-5-6-7-8-9-10-11-12-13-14-15-16(2,3)4/h12-13H,5-11,14-15H2,1-4H3. The first-order valence-corrected chi connectivity index (χ1v) is 10.9. The first-order chi connectivity index (χ1) is 7.56. The molecule has 0 spiro atoms. The third-order valence-corrected chi connectivity index (χ3v) is 4.74. The predicted octanol–water partition coefficient (Wildman–Crippen LogP) is 6.02. The Kier molecular flexibility index (Phi) is 10.1. The van der Waals surface area contributed by atoms with Crippen LogP contribution in [0.2, 0.25) is 25.7 Å². The van der Waals surface area contributed by atoms with Crippen molar-refractivity contribution in [2.75, 3.05) is 0 Å². The number of hydrogen-bond acceptors (Lipinski definition) is 0. The zero-order valence-electron chi connectivity index (χ0n) is 12.0. The summed E-state index contributed by atoms with van der Waals surface area (Å²) in [5, 5.41) is 0. The van der Waals surface area contributed by atoms with Gasteiger partial charge >= 0.3 is 0 Å². The molecule has 0 radical (unpaired) electrons. The molecule has 0 aromatic rings. The summed E-state index contributed by atoms with van der Waals surface area (Å²) in [7, 11) is -0.799. The highest BCUT2D eigenvalue weighted by molar-refractivity contribution is 6.76. The fraction of sp³-hybridized carbons (Fsp3) is 0.867. The van der Waals surface area contributed by atoms with Crippen LogP contribution in [-0.4, -0.2) is 8.07 Å². The van der Waals surface area contributed by atoms with Crippen LogP contribution in [0, 0.1) is 0 Å². The van der Waals surface area contributed by atoms with Gasteiger partial charge in [-0.2, -0.15) is 0 Å². The summed E-state index contributed by atoms with van der Waals surface area (Å²) in [6, 6.07) is 1.44. The highest BCUT2D eigenvalue weighted by atomic mass is 28.3. The number of hydrogen-bond donors (Lipinski definition) is 0. The molecule has 0 aliphatic carbocycles. The fourth-order valence-electron chi connectivity index (χ4n) is 1.79. The van der Waals surface area contributed by atoms with Gasteiger partial charge in [0.15, 0.2) is 0 Å². The van der Waals surface area contributed by atoms with E-state index in [1.54, 1.807) is 0 Å². The Bertz CT molecular complexity index is 165. The molecule has 0 amide bonds. The lowest BCUT2D eigenvalue weighted by atomic mass is 10.1. The van der Waals surface area contributed by atoms with Crippen molar-refractivity contribution in [3.05, 3.63) is 12.2 Å². The molecule has 0 N–H and O–H groups in total. The van der Waals surface area contributed by atoms with Crippen molar-refractivity contribution < 1.29 is 0 Å². The second-order valence-corrected chi connectivity index (χ2v) is 11.7. The maximum atomic E-state index is 2.45. The largest absolute Gasteiger partial charge is 0.0888 e. The topological polar surface area (TPSA) is 0 Å². The summed E-state index contributed by atoms with van der Waals surface area (Å²) < 4.78 is 0. The van der Waals surface area contributed by atoms with Gasteiger partial charge in [-0.25, -0.2) is 0 Å². The highest BCUT2D eigenvalue weighted by Gasteiger charge is 2.10. The first kappa shape index (κ1) is 16.0. The minimum atomic E-state index is -0.799. The summed E-state index contributed by atoms with van der Waals surface area (Å²) in [5.41, 5.74) is 0. The highest BCUT2D eigenvalue weighted by Crippen LogP contribution is 2.12. The third-order valence-electron chi connectivity index (χ3n) is 2.95. The van der Waals surface area contributed by atoms with Gasteiger partial charge in [-0.05, 0) is 19.3 Å². The molecule has 0 atom stereocenters. The molecular weight excluding hydrogens is 208 g/mol. The quantitative estimate of drug-likeness (QED) is 0.249. The zero-order chi connectivity index (χ0) is 12.3. The lowest BCUT2D eigenvalue weighted by Gasteiger charge is -2.13. The van der Waals surface area contributed by atoms with Crippen LogP contribution < -0.4 is 0 Å². The van der Waals surface area contributed by atoms with Crippen LogP contribution in [0.5, 0.6) is 0 Å². The number of allylic oxidation sites excluding steroid dienone is 2. The molecule has 0 saturated carbocycles. The van der Waals surface area contributed by atoms with Crippen LogP contribution in [-0.2, 0) is 0 Å². The number of unbranched alkanes of at least 4 members (excludes halogenated alkanes) is 6. The second-order valence-electron chi connectivity index (χ2n) is 6.13. The SMILES string of the molecule is CCCCCCCCC=CCC[Si](C)(C)C. The van der Waals surface area contributed by atoms with E-state index in [-0.39, 0.29) is 0 Å². The van der Waals surface area contributed by atoms with Crippen molar-refractivity contribution in [1.82, 2.24) is 0 Å². The molecule has 0 fully saturated rings. The van der Waals surface area contributed by atoms with Crippen LogP contribution in [0.25, 0.3) is 0 Å².